The summed E-state index contributed by atoms with van der Waals surface area (Å²) in [7, 11) is 2.05. The van der Waals surface area contributed by atoms with Gasteiger partial charge in [-0.05, 0) is 12.8 Å². The maximum absolute atomic E-state index is 5.99. The molecule has 90 valence electrons. The van der Waals surface area contributed by atoms with Crippen LogP contribution in [0.5, 0.6) is 0 Å². The molecule has 0 aliphatic heterocycles. The summed E-state index contributed by atoms with van der Waals surface area (Å²) in [5.74, 6) is 1.77. The lowest BCUT2D eigenvalue weighted by atomic mass is 10.3. The Bertz CT molecular complexity index is 328. The quantitative estimate of drug-likeness (QED) is 0.716. The molecule has 0 spiro atoms. The summed E-state index contributed by atoms with van der Waals surface area (Å²) in [4.78, 5) is 10.9. The molecule has 0 radical (unpaired) electrons. The van der Waals surface area contributed by atoms with Gasteiger partial charge in [-0.25, -0.2) is 9.97 Å². The maximum atomic E-state index is 5.99. The van der Waals surface area contributed by atoms with Gasteiger partial charge in [0, 0.05) is 26.1 Å². The second-order valence-electron chi connectivity index (χ2n) is 3.99. The van der Waals surface area contributed by atoms with Gasteiger partial charge in [0.1, 0.15) is 16.8 Å². The van der Waals surface area contributed by atoms with Crippen LogP contribution in [0, 0.1) is 0 Å². The van der Waals surface area contributed by atoms with Gasteiger partial charge < -0.3 is 4.90 Å². The first-order valence-electron chi connectivity index (χ1n) is 5.92. The van der Waals surface area contributed by atoms with E-state index in [2.05, 4.69) is 28.7 Å². The molecule has 0 atom stereocenters. The van der Waals surface area contributed by atoms with Crippen molar-refractivity contribution in [2.24, 2.45) is 0 Å². The number of nitrogens with zero attached hydrogens (tertiary/aromatic N) is 3. The molecule has 0 amide bonds. The Balaban J connectivity index is 2.78. The molecular weight excluding hydrogens is 222 g/mol. The van der Waals surface area contributed by atoms with Crippen LogP contribution in [-0.4, -0.2) is 23.6 Å². The fourth-order valence-electron chi connectivity index (χ4n) is 1.49. The first-order chi connectivity index (χ1) is 7.67. The zero-order chi connectivity index (χ0) is 12.0. The van der Waals surface area contributed by atoms with Crippen LogP contribution in [0.1, 0.15) is 38.9 Å². The molecule has 4 heteroatoms. The van der Waals surface area contributed by atoms with Crippen molar-refractivity contribution in [1.82, 2.24) is 9.97 Å². The summed E-state index contributed by atoms with van der Waals surface area (Å²) >= 11 is 5.99. The molecule has 3 nitrogen and oxygen atoms in total. The van der Waals surface area contributed by atoms with E-state index < -0.39 is 0 Å². The number of unbranched alkanes of at least 4 members (excludes halogenated alkanes) is 1. The highest BCUT2D eigenvalue weighted by Crippen LogP contribution is 2.16. The van der Waals surface area contributed by atoms with E-state index in [9.17, 15) is 0 Å². The molecule has 0 unspecified atom stereocenters. The molecule has 0 saturated heterocycles. The number of aromatic nitrogens is 2. The lowest BCUT2D eigenvalue weighted by Gasteiger charge is -2.18. The van der Waals surface area contributed by atoms with Gasteiger partial charge in [0.15, 0.2) is 0 Å². The van der Waals surface area contributed by atoms with Crippen LogP contribution >= 0.6 is 11.6 Å². The summed E-state index contributed by atoms with van der Waals surface area (Å²) in [5.41, 5.74) is 0. The normalized spacial score (nSPS) is 10.5. The van der Waals surface area contributed by atoms with Crippen molar-refractivity contribution in [3.05, 3.63) is 17.0 Å². The second kappa shape index (κ2) is 6.69. The molecule has 1 aromatic heterocycles. The Labute approximate surface area is 103 Å². The van der Waals surface area contributed by atoms with Crippen molar-refractivity contribution in [3.8, 4) is 0 Å². The number of rotatable bonds is 6. The molecule has 0 aromatic carbocycles. The molecule has 0 aliphatic carbocycles. The van der Waals surface area contributed by atoms with Gasteiger partial charge in [-0.3, -0.25) is 0 Å². The average molecular weight is 242 g/mol. The van der Waals surface area contributed by atoms with E-state index in [4.69, 9.17) is 11.6 Å². The van der Waals surface area contributed by atoms with Crippen molar-refractivity contribution in [1.29, 1.82) is 0 Å². The smallest absolute Gasteiger partial charge is 0.134 e. The largest absolute Gasteiger partial charge is 0.360 e. The standard InChI is InChI=1S/C12H20ClN3/c1-4-6-8-16(3)12-9-10(13)14-11(15-12)7-5-2/h9H,4-8H2,1-3H3. The van der Waals surface area contributed by atoms with Crippen LogP contribution in [0.2, 0.25) is 5.15 Å². The van der Waals surface area contributed by atoms with E-state index in [1.807, 2.05) is 13.1 Å². The Hall–Kier alpha value is -0.830. The van der Waals surface area contributed by atoms with Crippen molar-refractivity contribution >= 4 is 17.4 Å². The Morgan fingerprint density at radius 1 is 1.25 bits per heavy atom. The molecule has 1 rings (SSSR count). The van der Waals surface area contributed by atoms with Crippen LogP contribution < -0.4 is 4.90 Å². The number of aryl methyl sites for hydroxylation is 1. The Morgan fingerprint density at radius 2 is 2.00 bits per heavy atom. The van der Waals surface area contributed by atoms with Crippen LogP contribution in [0.3, 0.4) is 0 Å². The lowest BCUT2D eigenvalue weighted by molar-refractivity contribution is 0.749. The van der Waals surface area contributed by atoms with Crippen molar-refractivity contribution in [3.63, 3.8) is 0 Å². The maximum Gasteiger partial charge on any atom is 0.134 e. The van der Waals surface area contributed by atoms with E-state index in [1.54, 1.807) is 0 Å². The predicted molar refractivity (Wildman–Crippen MR) is 69.2 cm³/mol. The topological polar surface area (TPSA) is 29.0 Å². The molecule has 1 aromatic rings. The van der Waals surface area contributed by atoms with Crippen LogP contribution in [0.15, 0.2) is 6.07 Å². The van der Waals surface area contributed by atoms with Gasteiger partial charge in [0.05, 0.1) is 0 Å². The minimum Gasteiger partial charge on any atom is -0.360 e. The van der Waals surface area contributed by atoms with Crippen molar-refractivity contribution < 1.29 is 0 Å². The van der Waals surface area contributed by atoms with Gasteiger partial charge in [0.25, 0.3) is 0 Å². The monoisotopic (exact) mass is 241 g/mol. The zero-order valence-corrected chi connectivity index (χ0v) is 11.1. The number of hydrogen-bond acceptors (Lipinski definition) is 3. The number of hydrogen-bond donors (Lipinski definition) is 0. The van der Waals surface area contributed by atoms with Gasteiger partial charge in [-0.15, -0.1) is 0 Å². The molecule has 0 saturated carbocycles. The van der Waals surface area contributed by atoms with Gasteiger partial charge >= 0.3 is 0 Å². The minimum atomic E-state index is 0.539. The fourth-order valence-corrected chi connectivity index (χ4v) is 1.69. The Kier molecular flexibility index (Phi) is 5.53. The molecule has 0 bridgehead atoms. The summed E-state index contributed by atoms with van der Waals surface area (Å²) in [5, 5.41) is 0.539. The summed E-state index contributed by atoms with van der Waals surface area (Å²) in [6.07, 6.45) is 4.28. The first-order valence-corrected chi connectivity index (χ1v) is 6.29. The van der Waals surface area contributed by atoms with Gasteiger partial charge in [0.2, 0.25) is 0 Å². The van der Waals surface area contributed by atoms with Crippen molar-refractivity contribution in [2.45, 2.75) is 39.5 Å². The lowest BCUT2D eigenvalue weighted by Crippen LogP contribution is -2.20. The van der Waals surface area contributed by atoms with E-state index in [0.29, 0.717) is 5.15 Å². The molecule has 0 fully saturated rings. The molecule has 0 aliphatic rings. The molecule has 16 heavy (non-hydrogen) atoms. The van der Waals surface area contributed by atoms with Crippen LogP contribution in [0.4, 0.5) is 5.82 Å². The molecular formula is C12H20ClN3. The SMILES string of the molecule is CCCCN(C)c1cc(Cl)nc(CCC)n1. The summed E-state index contributed by atoms with van der Waals surface area (Å²) < 4.78 is 0. The average Bonchev–Trinajstić information content (AvgIpc) is 2.25. The highest BCUT2D eigenvalue weighted by Gasteiger charge is 2.06. The highest BCUT2D eigenvalue weighted by atomic mass is 35.5. The molecule has 1 heterocycles. The van der Waals surface area contributed by atoms with Gasteiger partial charge in [-0.1, -0.05) is 31.9 Å². The summed E-state index contributed by atoms with van der Waals surface area (Å²) in [6, 6.07) is 1.83. The minimum absolute atomic E-state index is 0.539. The number of halogens is 1. The van der Waals surface area contributed by atoms with Gasteiger partial charge in [-0.2, -0.15) is 0 Å². The summed E-state index contributed by atoms with van der Waals surface area (Å²) in [6.45, 7) is 5.31. The predicted octanol–water partition coefficient (Wildman–Crippen LogP) is 3.32. The third-order valence-corrected chi connectivity index (χ3v) is 2.63. The van der Waals surface area contributed by atoms with E-state index in [0.717, 1.165) is 31.0 Å². The molecule has 0 N–H and O–H groups in total. The van der Waals surface area contributed by atoms with Crippen LogP contribution in [-0.2, 0) is 6.42 Å². The van der Waals surface area contributed by atoms with Crippen molar-refractivity contribution in [2.75, 3.05) is 18.5 Å². The third-order valence-electron chi connectivity index (χ3n) is 2.44. The zero-order valence-electron chi connectivity index (χ0n) is 10.3. The van der Waals surface area contributed by atoms with E-state index >= 15 is 0 Å². The highest BCUT2D eigenvalue weighted by molar-refractivity contribution is 6.29. The number of anilines is 1. The van der Waals surface area contributed by atoms with E-state index in [-0.39, 0.29) is 0 Å². The first kappa shape index (κ1) is 13.2. The third kappa shape index (κ3) is 3.97. The van der Waals surface area contributed by atoms with Crippen LogP contribution in [0.25, 0.3) is 0 Å². The Morgan fingerprint density at radius 3 is 2.62 bits per heavy atom. The second-order valence-corrected chi connectivity index (χ2v) is 4.38. The van der Waals surface area contributed by atoms with E-state index in [1.165, 1.54) is 12.8 Å². The fraction of sp³-hybridized carbons (Fsp3) is 0.667.